The predicted octanol–water partition coefficient (Wildman–Crippen LogP) is 0.849. The van der Waals surface area contributed by atoms with Crippen LogP contribution >= 0.6 is 0 Å². The topological polar surface area (TPSA) is 102 Å². The maximum absolute atomic E-state index is 12.0. The van der Waals surface area contributed by atoms with Gasteiger partial charge in [-0.15, -0.1) is 0 Å². The summed E-state index contributed by atoms with van der Waals surface area (Å²) in [5, 5.41) is 13.6. The molecule has 7 nitrogen and oxygen atoms in total. The summed E-state index contributed by atoms with van der Waals surface area (Å²) in [7, 11) is 1.79. The molecule has 0 aromatic carbocycles. The van der Waals surface area contributed by atoms with E-state index in [1.807, 2.05) is 13.8 Å². The molecule has 0 unspecified atom stereocenters. The van der Waals surface area contributed by atoms with Crippen molar-refractivity contribution in [3.8, 4) is 0 Å². The minimum Gasteiger partial charge on any atom is -0.395 e. The number of nitrogen functional groups attached to an aromatic ring is 1. The molecule has 18 heavy (non-hydrogen) atoms. The zero-order chi connectivity index (χ0) is 13.3. The molecule has 0 aliphatic rings. The van der Waals surface area contributed by atoms with Crippen LogP contribution in [0.25, 0.3) is 0 Å². The first-order valence-corrected chi connectivity index (χ1v) is 5.67. The predicted molar refractivity (Wildman–Crippen MR) is 68.3 cm³/mol. The number of anilines is 2. The molecule has 0 spiro atoms. The molecule has 0 saturated carbocycles. The monoisotopic (exact) mass is 248 g/mol. The van der Waals surface area contributed by atoms with Crippen molar-refractivity contribution in [1.82, 2.24) is 20.0 Å². The molecule has 2 heterocycles. The fourth-order valence-electron chi connectivity index (χ4n) is 1.73. The lowest BCUT2D eigenvalue weighted by Crippen LogP contribution is -2.14. The van der Waals surface area contributed by atoms with Gasteiger partial charge in [-0.25, -0.2) is 0 Å². The summed E-state index contributed by atoms with van der Waals surface area (Å²) < 4.78 is 1.64. The zero-order valence-electron chi connectivity index (χ0n) is 10.6. The van der Waals surface area contributed by atoms with E-state index in [0.717, 1.165) is 11.4 Å². The van der Waals surface area contributed by atoms with E-state index in [1.165, 1.54) is 0 Å². The molecule has 96 valence electrons. The number of carbonyl (C=O) groups is 1. The van der Waals surface area contributed by atoms with Gasteiger partial charge in [-0.1, -0.05) is 6.92 Å². The quantitative estimate of drug-likeness (QED) is 0.749. The summed E-state index contributed by atoms with van der Waals surface area (Å²) in [6, 6.07) is 0. The molecule has 2 aromatic heterocycles. The normalized spacial score (nSPS) is 10.6. The lowest BCUT2D eigenvalue weighted by Gasteiger charge is -2.01. The first-order valence-electron chi connectivity index (χ1n) is 5.67. The van der Waals surface area contributed by atoms with Crippen LogP contribution in [0.5, 0.6) is 0 Å². The molecule has 1 amide bonds. The summed E-state index contributed by atoms with van der Waals surface area (Å²) in [5.74, 6) is -0.334. The standard InChI is InChI=1S/C11H16N6O/c1-4-7-9(12)10(15-14-7)11(18)13-8-5-17(3)16-6(8)2/h5H,4,12H2,1-3H3,(H,13,18)(H,14,15). The summed E-state index contributed by atoms with van der Waals surface area (Å²) in [4.78, 5) is 12.0. The van der Waals surface area contributed by atoms with Crippen molar-refractivity contribution in [2.24, 2.45) is 7.05 Å². The third-order valence-corrected chi connectivity index (χ3v) is 2.71. The highest BCUT2D eigenvalue weighted by atomic mass is 16.2. The van der Waals surface area contributed by atoms with Crippen molar-refractivity contribution < 1.29 is 4.79 Å². The smallest absolute Gasteiger partial charge is 0.278 e. The summed E-state index contributed by atoms with van der Waals surface area (Å²) in [6.07, 6.45) is 2.44. The van der Waals surface area contributed by atoms with Crippen LogP contribution in [0.2, 0.25) is 0 Å². The number of nitrogens with two attached hydrogens (primary N) is 1. The Morgan fingerprint density at radius 2 is 2.33 bits per heavy atom. The average molecular weight is 248 g/mol. The van der Waals surface area contributed by atoms with Crippen molar-refractivity contribution in [2.45, 2.75) is 20.3 Å². The highest BCUT2D eigenvalue weighted by Crippen LogP contribution is 2.17. The largest absolute Gasteiger partial charge is 0.395 e. The number of H-pyrrole nitrogens is 1. The Hall–Kier alpha value is -2.31. The van der Waals surface area contributed by atoms with Crippen LogP contribution in [-0.4, -0.2) is 25.9 Å². The van der Waals surface area contributed by atoms with Crippen LogP contribution in [0.3, 0.4) is 0 Å². The van der Waals surface area contributed by atoms with E-state index < -0.39 is 0 Å². The first kappa shape index (κ1) is 12.2. The number of aromatic amines is 1. The molecule has 4 N–H and O–H groups in total. The van der Waals surface area contributed by atoms with E-state index in [0.29, 0.717) is 17.8 Å². The molecule has 0 aliphatic carbocycles. The number of nitrogens with zero attached hydrogens (tertiary/aromatic N) is 3. The van der Waals surface area contributed by atoms with Crippen molar-refractivity contribution in [3.63, 3.8) is 0 Å². The number of aromatic nitrogens is 4. The highest BCUT2D eigenvalue weighted by Gasteiger charge is 2.17. The zero-order valence-corrected chi connectivity index (χ0v) is 10.6. The van der Waals surface area contributed by atoms with Crippen LogP contribution in [0.4, 0.5) is 11.4 Å². The third-order valence-electron chi connectivity index (χ3n) is 2.71. The summed E-state index contributed by atoms with van der Waals surface area (Å²) in [5.41, 5.74) is 8.62. The Bertz CT molecular complexity index is 582. The second-order valence-electron chi connectivity index (χ2n) is 4.07. The number of nitrogens with one attached hydrogen (secondary N) is 2. The lowest BCUT2D eigenvalue weighted by atomic mass is 10.2. The number of aryl methyl sites for hydroxylation is 3. The van der Waals surface area contributed by atoms with Gasteiger partial charge in [0.15, 0.2) is 5.69 Å². The van der Waals surface area contributed by atoms with Gasteiger partial charge in [-0.2, -0.15) is 10.2 Å². The van der Waals surface area contributed by atoms with Crippen LogP contribution < -0.4 is 11.1 Å². The lowest BCUT2D eigenvalue weighted by molar-refractivity contribution is 0.102. The Morgan fingerprint density at radius 1 is 1.61 bits per heavy atom. The molecular formula is C11H16N6O. The summed E-state index contributed by atoms with van der Waals surface area (Å²) >= 11 is 0. The highest BCUT2D eigenvalue weighted by molar-refractivity contribution is 6.06. The van der Waals surface area contributed by atoms with Crippen molar-refractivity contribution >= 4 is 17.3 Å². The van der Waals surface area contributed by atoms with E-state index in [-0.39, 0.29) is 11.6 Å². The minimum absolute atomic E-state index is 0.218. The maximum atomic E-state index is 12.0. The van der Waals surface area contributed by atoms with E-state index >= 15 is 0 Å². The molecule has 0 bridgehead atoms. The Balaban J connectivity index is 2.22. The fourth-order valence-corrected chi connectivity index (χ4v) is 1.73. The molecule has 2 rings (SSSR count). The molecule has 0 atom stereocenters. The molecule has 0 radical (unpaired) electrons. The van der Waals surface area contributed by atoms with Gasteiger partial charge in [0.1, 0.15) is 0 Å². The Labute approximate surface area is 104 Å². The third kappa shape index (κ3) is 2.06. The van der Waals surface area contributed by atoms with E-state index in [1.54, 1.807) is 17.9 Å². The van der Waals surface area contributed by atoms with Crippen molar-refractivity contribution in [2.75, 3.05) is 11.1 Å². The molecule has 2 aromatic rings. The van der Waals surface area contributed by atoms with Crippen molar-refractivity contribution in [3.05, 3.63) is 23.3 Å². The SMILES string of the molecule is CCc1[nH]nc(C(=O)Nc2cn(C)nc2C)c1N. The van der Waals surface area contributed by atoms with Crippen LogP contribution in [0.15, 0.2) is 6.20 Å². The van der Waals surface area contributed by atoms with Gasteiger partial charge < -0.3 is 11.1 Å². The number of hydrogen-bond donors (Lipinski definition) is 3. The van der Waals surface area contributed by atoms with Gasteiger partial charge >= 0.3 is 0 Å². The fraction of sp³-hybridized carbons (Fsp3) is 0.364. The number of rotatable bonds is 3. The summed E-state index contributed by atoms with van der Waals surface area (Å²) in [6.45, 7) is 3.76. The van der Waals surface area contributed by atoms with Gasteiger partial charge in [-0.05, 0) is 13.3 Å². The van der Waals surface area contributed by atoms with E-state index in [4.69, 9.17) is 5.73 Å². The van der Waals surface area contributed by atoms with E-state index in [9.17, 15) is 4.79 Å². The Kier molecular flexibility index (Phi) is 3.05. The second-order valence-corrected chi connectivity index (χ2v) is 4.07. The molecular weight excluding hydrogens is 232 g/mol. The maximum Gasteiger partial charge on any atom is 0.278 e. The Morgan fingerprint density at radius 3 is 2.83 bits per heavy atom. The second kappa shape index (κ2) is 4.52. The van der Waals surface area contributed by atoms with Gasteiger partial charge in [0.2, 0.25) is 0 Å². The number of carbonyl (C=O) groups excluding carboxylic acids is 1. The molecule has 0 fully saturated rings. The average Bonchev–Trinajstić information content (AvgIpc) is 2.82. The molecule has 0 aliphatic heterocycles. The van der Waals surface area contributed by atoms with Crippen molar-refractivity contribution in [1.29, 1.82) is 0 Å². The van der Waals surface area contributed by atoms with Crippen LogP contribution in [-0.2, 0) is 13.5 Å². The van der Waals surface area contributed by atoms with Gasteiger partial charge in [-0.3, -0.25) is 14.6 Å². The molecule has 7 heteroatoms. The van der Waals surface area contributed by atoms with Gasteiger partial charge in [0.05, 0.1) is 22.8 Å². The number of hydrogen-bond acceptors (Lipinski definition) is 4. The molecule has 0 saturated heterocycles. The van der Waals surface area contributed by atoms with Gasteiger partial charge in [0.25, 0.3) is 5.91 Å². The van der Waals surface area contributed by atoms with E-state index in [2.05, 4.69) is 20.6 Å². The van der Waals surface area contributed by atoms with Crippen LogP contribution in [0.1, 0.15) is 28.8 Å². The minimum atomic E-state index is -0.334. The van der Waals surface area contributed by atoms with Crippen LogP contribution in [0, 0.1) is 6.92 Å². The first-order chi connectivity index (χ1) is 8.52. The number of amides is 1. The van der Waals surface area contributed by atoms with Gasteiger partial charge in [0, 0.05) is 13.2 Å².